The van der Waals surface area contributed by atoms with Gasteiger partial charge in [-0.2, -0.15) is 0 Å². The van der Waals surface area contributed by atoms with Gasteiger partial charge in [-0.25, -0.2) is 0 Å². The third-order valence-corrected chi connectivity index (χ3v) is 3.48. The van der Waals surface area contributed by atoms with Gasteiger partial charge in [0.05, 0.1) is 12.2 Å². The van der Waals surface area contributed by atoms with Crippen molar-refractivity contribution in [1.82, 2.24) is 10.1 Å². The van der Waals surface area contributed by atoms with Gasteiger partial charge in [0.15, 0.2) is 0 Å². The molecule has 110 valence electrons. The first-order valence-corrected chi connectivity index (χ1v) is 7.02. The number of likely N-dealkylation sites (tertiary alicyclic amines) is 1. The standard InChI is InChI=1S/C14H21N3O3/c1-10(2)12-6-14(20-16-12)15-13(19)8-17-5-3-4-11(7-17)9-18/h6,9-11H,3-5,7-8H2,1-2H3,(H,15,19). The zero-order valence-electron chi connectivity index (χ0n) is 12.0. The lowest BCUT2D eigenvalue weighted by molar-refractivity contribution is -0.119. The van der Waals surface area contributed by atoms with Crippen LogP contribution in [0, 0.1) is 5.92 Å². The van der Waals surface area contributed by atoms with Gasteiger partial charge in [-0.1, -0.05) is 19.0 Å². The van der Waals surface area contributed by atoms with Crippen molar-refractivity contribution in [3.63, 3.8) is 0 Å². The van der Waals surface area contributed by atoms with Crippen LogP contribution in [0.1, 0.15) is 38.3 Å². The molecule has 1 aliphatic rings. The molecule has 1 aliphatic heterocycles. The summed E-state index contributed by atoms with van der Waals surface area (Å²) in [5.74, 6) is 0.555. The monoisotopic (exact) mass is 279 g/mol. The second kappa shape index (κ2) is 6.65. The smallest absolute Gasteiger partial charge is 0.240 e. The Balaban J connectivity index is 1.83. The number of aromatic nitrogens is 1. The molecule has 0 aromatic carbocycles. The Morgan fingerprint density at radius 1 is 1.65 bits per heavy atom. The summed E-state index contributed by atoms with van der Waals surface area (Å²) in [6.07, 6.45) is 2.85. The minimum Gasteiger partial charge on any atom is -0.338 e. The molecule has 6 nitrogen and oxygen atoms in total. The average molecular weight is 279 g/mol. The highest BCUT2D eigenvalue weighted by Crippen LogP contribution is 2.18. The number of rotatable bonds is 5. The molecule has 0 bridgehead atoms. The second-order valence-electron chi connectivity index (χ2n) is 5.59. The van der Waals surface area contributed by atoms with Gasteiger partial charge in [0, 0.05) is 18.5 Å². The highest BCUT2D eigenvalue weighted by Gasteiger charge is 2.21. The van der Waals surface area contributed by atoms with Gasteiger partial charge in [-0.15, -0.1) is 0 Å². The Hall–Kier alpha value is -1.69. The fraction of sp³-hybridized carbons (Fsp3) is 0.643. The average Bonchev–Trinajstić information content (AvgIpc) is 2.87. The predicted octanol–water partition coefficient (Wildman–Crippen LogP) is 1.65. The van der Waals surface area contributed by atoms with Crippen LogP contribution in [-0.4, -0.2) is 41.9 Å². The van der Waals surface area contributed by atoms with Crippen LogP contribution in [0.25, 0.3) is 0 Å². The molecule has 2 rings (SSSR count). The molecule has 0 radical (unpaired) electrons. The van der Waals surface area contributed by atoms with Gasteiger partial charge < -0.3 is 9.32 Å². The van der Waals surface area contributed by atoms with Crippen molar-refractivity contribution in [2.24, 2.45) is 5.92 Å². The Labute approximate surface area is 118 Å². The molecule has 1 fully saturated rings. The molecule has 1 aromatic rings. The molecule has 0 aliphatic carbocycles. The lowest BCUT2D eigenvalue weighted by atomic mass is 10.00. The summed E-state index contributed by atoms with van der Waals surface area (Å²) in [5, 5.41) is 6.59. The first kappa shape index (κ1) is 14.7. The number of piperidine rings is 1. The van der Waals surface area contributed by atoms with E-state index < -0.39 is 0 Å². The SMILES string of the molecule is CC(C)c1cc(NC(=O)CN2CCCC(C=O)C2)on1. The Morgan fingerprint density at radius 2 is 2.45 bits per heavy atom. The summed E-state index contributed by atoms with van der Waals surface area (Å²) in [4.78, 5) is 24.7. The fourth-order valence-electron chi connectivity index (χ4n) is 2.35. The first-order chi connectivity index (χ1) is 9.58. The summed E-state index contributed by atoms with van der Waals surface area (Å²) in [5.41, 5.74) is 0.819. The zero-order chi connectivity index (χ0) is 14.5. The molecular weight excluding hydrogens is 258 g/mol. The van der Waals surface area contributed by atoms with Crippen LogP contribution in [0.3, 0.4) is 0 Å². The van der Waals surface area contributed by atoms with Gasteiger partial charge in [0.25, 0.3) is 0 Å². The Bertz CT molecular complexity index is 470. The Morgan fingerprint density at radius 3 is 3.10 bits per heavy atom. The fourth-order valence-corrected chi connectivity index (χ4v) is 2.35. The van der Waals surface area contributed by atoms with Gasteiger partial charge in [0.1, 0.15) is 6.29 Å². The third kappa shape index (κ3) is 3.90. The zero-order valence-corrected chi connectivity index (χ0v) is 12.0. The van der Waals surface area contributed by atoms with Crippen molar-refractivity contribution in [2.45, 2.75) is 32.6 Å². The molecule has 20 heavy (non-hydrogen) atoms. The van der Waals surface area contributed by atoms with E-state index in [1.165, 1.54) is 0 Å². The van der Waals surface area contributed by atoms with Crippen LogP contribution in [-0.2, 0) is 9.59 Å². The van der Waals surface area contributed by atoms with E-state index in [9.17, 15) is 9.59 Å². The van der Waals surface area contributed by atoms with E-state index >= 15 is 0 Å². The second-order valence-corrected chi connectivity index (χ2v) is 5.59. The quantitative estimate of drug-likeness (QED) is 0.829. The summed E-state index contributed by atoms with van der Waals surface area (Å²) in [6.45, 7) is 5.81. The maximum atomic E-state index is 11.9. The van der Waals surface area contributed by atoms with E-state index in [1.54, 1.807) is 6.07 Å². The predicted molar refractivity (Wildman–Crippen MR) is 74.4 cm³/mol. The van der Waals surface area contributed by atoms with Gasteiger partial charge >= 0.3 is 0 Å². The van der Waals surface area contributed by atoms with Crippen molar-refractivity contribution in [3.05, 3.63) is 11.8 Å². The van der Waals surface area contributed by atoms with E-state index in [-0.39, 0.29) is 24.3 Å². The third-order valence-electron chi connectivity index (χ3n) is 3.48. The molecule has 1 amide bonds. The Kier molecular flexibility index (Phi) is 4.89. The van der Waals surface area contributed by atoms with E-state index in [4.69, 9.17) is 4.52 Å². The maximum Gasteiger partial charge on any atom is 0.240 e. The van der Waals surface area contributed by atoms with Crippen LogP contribution in [0.4, 0.5) is 5.88 Å². The summed E-state index contributed by atoms with van der Waals surface area (Å²) >= 11 is 0. The van der Waals surface area contributed by atoms with Crippen LogP contribution >= 0.6 is 0 Å². The summed E-state index contributed by atoms with van der Waals surface area (Å²) < 4.78 is 5.07. The largest absolute Gasteiger partial charge is 0.338 e. The van der Waals surface area contributed by atoms with Gasteiger partial charge in [-0.3, -0.25) is 15.0 Å². The number of hydrogen-bond donors (Lipinski definition) is 1. The minimum atomic E-state index is -0.136. The number of anilines is 1. The van der Waals surface area contributed by atoms with Crippen molar-refractivity contribution in [1.29, 1.82) is 0 Å². The number of nitrogens with one attached hydrogen (secondary N) is 1. The molecule has 1 unspecified atom stereocenters. The van der Waals surface area contributed by atoms with Crippen LogP contribution in [0.15, 0.2) is 10.6 Å². The highest BCUT2D eigenvalue weighted by atomic mass is 16.5. The van der Waals surface area contributed by atoms with Gasteiger partial charge in [0.2, 0.25) is 11.8 Å². The number of hydrogen-bond acceptors (Lipinski definition) is 5. The molecule has 2 heterocycles. The van der Waals surface area contributed by atoms with Crippen molar-refractivity contribution >= 4 is 18.1 Å². The molecule has 1 atom stereocenters. The van der Waals surface area contributed by atoms with E-state index in [1.807, 2.05) is 18.7 Å². The number of aldehydes is 1. The van der Waals surface area contributed by atoms with Crippen LogP contribution in [0.2, 0.25) is 0 Å². The lowest BCUT2D eigenvalue weighted by Crippen LogP contribution is -2.40. The van der Waals surface area contributed by atoms with E-state index in [0.717, 1.165) is 31.4 Å². The van der Waals surface area contributed by atoms with E-state index in [0.29, 0.717) is 12.4 Å². The van der Waals surface area contributed by atoms with Crippen molar-refractivity contribution < 1.29 is 14.1 Å². The molecule has 1 aromatic heterocycles. The maximum absolute atomic E-state index is 11.9. The molecular formula is C14H21N3O3. The number of nitrogens with zero attached hydrogens (tertiary/aromatic N) is 2. The van der Waals surface area contributed by atoms with Gasteiger partial charge in [-0.05, 0) is 25.3 Å². The van der Waals surface area contributed by atoms with Crippen LogP contribution < -0.4 is 5.32 Å². The highest BCUT2D eigenvalue weighted by molar-refractivity contribution is 5.91. The topological polar surface area (TPSA) is 75.4 Å². The van der Waals surface area contributed by atoms with Crippen LogP contribution in [0.5, 0.6) is 0 Å². The lowest BCUT2D eigenvalue weighted by Gasteiger charge is -2.29. The molecule has 0 spiro atoms. The number of amides is 1. The number of carbonyl (C=O) groups is 2. The van der Waals surface area contributed by atoms with Crippen molar-refractivity contribution in [2.75, 3.05) is 25.0 Å². The molecule has 1 saturated heterocycles. The van der Waals surface area contributed by atoms with Crippen molar-refractivity contribution in [3.8, 4) is 0 Å². The normalized spacial score (nSPS) is 20.1. The molecule has 1 N–H and O–H groups in total. The summed E-state index contributed by atoms with van der Waals surface area (Å²) in [6, 6.07) is 1.74. The van der Waals surface area contributed by atoms with E-state index in [2.05, 4.69) is 10.5 Å². The first-order valence-electron chi connectivity index (χ1n) is 7.02. The molecule has 0 saturated carbocycles. The minimum absolute atomic E-state index is 0.0503. The molecule has 6 heteroatoms. The number of carbonyl (C=O) groups excluding carboxylic acids is 2. The summed E-state index contributed by atoms with van der Waals surface area (Å²) in [7, 11) is 0.